The zero-order valence-electron chi connectivity index (χ0n) is 10.9. The Labute approximate surface area is 120 Å². The van der Waals surface area contributed by atoms with Crippen LogP contribution in [0.4, 0.5) is 4.79 Å². The van der Waals surface area contributed by atoms with E-state index in [0.29, 0.717) is 13.1 Å². The van der Waals surface area contributed by atoms with Crippen molar-refractivity contribution >= 4 is 35.3 Å². The summed E-state index contributed by atoms with van der Waals surface area (Å²) in [6.45, 7) is 2.16. The monoisotopic (exact) mass is 294 g/mol. The van der Waals surface area contributed by atoms with Crippen molar-refractivity contribution in [2.24, 2.45) is 0 Å². The number of amides is 3. The Morgan fingerprint density at radius 1 is 1.55 bits per heavy atom. The summed E-state index contributed by atoms with van der Waals surface area (Å²) in [6, 6.07) is 1.41. The van der Waals surface area contributed by atoms with Crippen LogP contribution in [0.15, 0.2) is 22.9 Å². The van der Waals surface area contributed by atoms with Gasteiger partial charge in [0.05, 0.1) is 0 Å². The van der Waals surface area contributed by atoms with Crippen molar-refractivity contribution in [2.75, 3.05) is 13.1 Å². The maximum absolute atomic E-state index is 11.9. The van der Waals surface area contributed by atoms with Crippen LogP contribution in [0.25, 0.3) is 6.08 Å². The summed E-state index contributed by atoms with van der Waals surface area (Å²) in [5, 5.41) is 6.29. The molecular weight excluding hydrogens is 280 g/mol. The Kier molecular flexibility index (Phi) is 4.52. The van der Waals surface area contributed by atoms with E-state index in [1.54, 1.807) is 6.08 Å². The molecule has 0 saturated carbocycles. The highest BCUT2D eigenvalue weighted by Gasteiger charge is 2.31. The minimum atomic E-state index is -0.988. The van der Waals surface area contributed by atoms with Crippen LogP contribution in [0.5, 0.6) is 0 Å². The maximum atomic E-state index is 11.9. The Morgan fingerprint density at radius 2 is 2.35 bits per heavy atom. The van der Waals surface area contributed by atoms with Gasteiger partial charge in [-0.2, -0.15) is 11.3 Å². The summed E-state index contributed by atoms with van der Waals surface area (Å²) >= 11 is 1.52. The molecule has 7 heteroatoms. The second-order valence-electron chi connectivity index (χ2n) is 4.19. The highest BCUT2D eigenvalue weighted by Crippen LogP contribution is 2.09. The fraction of sp³-hybridized carbons (Fsp3) is 0.308. The van der Waals surface area contributed by atoms with E-state index in [1.165, 1.54) is 24.3 Å². The van der Waals surface area contributed by atoms with E-state index in [4.69, 9.17) is 4.74 Å². The Bertz CT molecular complexity index is 539. The summed E-state index contributed by atoms with van der Waals surface area (Å²) in [6.07, 6.45) is 1.88. The highest BCUT2D eigenvalue weighted by molar-refractivity contribution is 7.08. The summed E-state index contributed by atoms with van der Waals surface area (Å²) < 4.78 is 4.98. The normalized spacial score (nSPS) is 16.2. The van der Waals surface area contributed by atoms with Gasteiger partial charge in [0, 0.05) is 19.2 Å². The fourth-order valence-corrected chi connectivity index (χ4v) is 2.33. The molecule has 1 aliphatic heterocycles. The van der Waals surface area contributed by atoms with Gasteiger partial charge < -0.3 is 10.1 Å². The van der Waals surface area contributed by atoms with E-state index in [0.717, 1.165) is 10.5 Å². The topological polar surface area (TPSA) is 75.7 Å². The second kappa shape index (κ2) is 6.33. The van der Waals surface area contributed by atoms with Gasteiger partial charge in [-0.25, -0.2) is 9.59 Å². The molecule has 1 aromatic heterocycles. The van der Waals surface area contributed by atoms with E-state index >= 15 is 0 Å². The standard InChI is InChI=1S/C13H14N2O4S/c1-9(12(17)15-6-5-14-13(15)18)19-11(16)3-2-10-4-7-20-8-10/h2-4,7-9H,5-6H2,1H3,(H,14,18)/b3-2+/t9-/m0/s1. The molecule has 0 bridgehead atoms. The second-order valence-corrected chi connectivity index (χ2v) is 4.97. The van der Waals surface area contributed by atoms with Gasteiger partial charge in [-0.15, -0.1) is 0 Å². The van der Waals surface area contributed by atoms with Crippen LogP contribution in [0.2, 0.25) is 0 Å². The lowest BCUT2D eigenvalue weighted by atomic mass is 10.3. The molecule has 0 aromatic carbocycles. The van der Waals surface area contributed by atoms with Gasteiger partial charge in [0.25, 0.3) is 5.91 Å². The molecule has 3 amide bonds. The van der Waals surface area contributed by atoms with Gasteiger partial charge in [-0.05, 0) is 35.4 Å². The van der Waals surface area contributed by atoms with Gasteiger partial charge in [0.15, 0.2) is 6.10 Å². The number of hydrogen-bond donors (Lipinski definition) is 1. The Hall–Kier alpha value is -2.15. The first-order valence-electron chi connectivity index (χ1n) is 6.08. The van der Waals surface area contributed by atoms with E-state index in [9.17, 15) is 14.4 Å². The van der Waals surface area contributed by atoms with Crippen LogP contribution in [-0.2, 0) is 14.3 Å². The molecule has 1 N–H and O–H groups in total. The molecule has 0 radical (unpaired) electrons. The van der Waals surface area contributed by atoms with Crippen molar-refractivity contribution in [3.8, 4) is 0 Å². The fourth-order valence-electron chi connectivity index (χ4n) is 1.70. The molecule has 2 rings (SSSR count). The minimum Gasteiger partial charge on any atom is -0.449 e. The molecule has 20 heavy (non-hydrogen) atoms. The van der Waals surface area contributed by atoms with Crippen LogP contribution >= 0.6 is 11.3 Å². The first kappa shape index (κ1) is 14.3. The average Bonchev–Trinajstić information content (AvgIpc) is 3.06. The minimum absolute atomic E-state index is 0.296. The van der Waals surface area contributed by atoms with Crippen molar-refractivity contribution in [3.05, 3.63) is 28.5 Å². The molecular formula is C13H14N2O4S. The Morgan fingerprint density at radius 3 is 2.95 bits per heavy atom. The van der Waals surface area contributed by atoms with E-state index < -0.39 is 24.0 Å². The van der Waals surface area contributed by atoms with Crippen LogP contribution < -0.4 is 5.32 Å². The van der Waals surface area contributed by atoms with Crippen LogP contribution in [-0.4, -0.2) is 42.0 Å². The molecule has 0 spiro atoms. The number of esters is 1. The molecule has 0 unspecified atom stereocenters. The number of thiophene rings is 1. The first-order chi connectivity index (χ1) is 9.58. The quantitative estimate of drug-likeness (QED) is 0.669. The number of nitrogens with one attached hydrogen (secondary N) is 1. The lowest BCUT2D eigenvalue weighted by Gasteiger charge is -2.17. The van der Waals surface area contributed by atoms with Crippen LogP contribution in [0.3, 0.4) is 0 Å². The van der Waals surface area contributed by atoms with Crippen molar-refractivity contribution in [1.82, 2.24) is 10.2 Å². The molecule has 1 aliphatic rings. The highest BCUT2D eigenvalue weighted by atomic mass is 32.1. The van der Waals surface area contributed by atoms with Crippen molar-refractivity contribution in [2.45, 2.75) is 13.0 Å². The summed E-state index contributed by atoms with van der Waals surface area (Å²) in [5.74, 6) is -1.13. The number of hydrogen-bond acceptors (Lipinski definition) is 5. The third-order valence-corrected chi connectivity index (χ3v) is 3.42. The van der Waals surface area contributed by atoms with E-state index in [2.05, 4.69) is 5.32 Å². The molecule has 1 aromatic rings. The molecule has 1 fully saturated rings. The SMILES string of the molecule is C[C@H](OC(=O)/C=C/c1ccsc1)C(=O)N1CCNC1=O. The zero-order chi connectivity index (χ0) is 14.5. The lowest BCUT2D eigenvalue weighted by molar-refractivity contribution is -0.153. The number of carbonyl (C=O) groups excluding carboxylic acids is 3. The average molecular weight is 294 g/mol. The van der Waals surface area contributed by atoms with Crippen LogP contribution in [0, 0.1) is 0 Å². The number of carbonyl (C=O) groups is 3. The number of nitrogens with zero attached hydrogens (tertiary/aromatic N) is 1. The van der Waals surface area contributed by atoms with Crippen molar-refractivity contribution in [1.29, 1.82) is 0 Å². The van der Waals surface area contributed by atoms with E-state index in [1.807, 2.05) is 16.8 Å². The van der Waals surface area contributed by atoms with Gasteiger partial charge in [-0.1, -0.05) is 0 Å². The molecule has 0 aliphatic carbocycles. The molecule has 6 nitrogen and oxygen atoms in total. The molecule has 1 atom stereocenters. The van der Waals surface area contributed by atoms with Gasteiger partial charge in [0.1, 0.15) is 0 Å². The lowest BCUT2D eigenvalue weighted by Crippen LogP contribution is -2.41. The predicted octanol–water partition coefficient (Wildman–Crippen LogP) is 1.24. The number of urea groups is 1. The predicted molar refractivity (Wildman–Crippen MR) is 74.0 cm³/mol. The maximum Gasteiger partial charge on any atom is 0.331 e. The third-order valence-electron chi connectivity index (χ3n) is 2.72. The smallest absolute Gasteiger partial charge is 0.331 e. The molecule has 2 heterocycles. The third kappa shape index (κ3) is 3.45. The molecule has 106 valence electrons. The van der Waals surface area contributed by atoms with Crippen molar-refractivity contribution < 1.29 is 19.1 Å². The van der Waals surface area contributed by atoms with E-state index in [-0.39, 0.29) is 0 Å². The summed E-state index contributed by atoms with van der Waals surface area (Å²) in [7, 11) is 0. The molecule has 1 saturated heterocycles. The van der Waals surface area contributed by atoms with Gasteiger partial charge in [0.2, 0.25) is 0 Å². The number of ether oxygens (including phenoxy) is 1. The largest absolute Gasteiger partial charge is 0.449 e. The van der Waals surface area contributed by atoms with Crippen LogP contribution in [0.1, 0.15) is 12.5 Å². The zero-order valence-corrected chi connectivity index (χ0v) is 11.7. The number of imide groups is 1. The number of rotatable bonds is 4. The van der Waals surface area contributed by atoms with Gasteiger partial charge in [-0.3, -0.25) is 9.69 Å². The Balaban J connectivity index is 1.87. The summed E-state index contributed by atoms with van der Waals surface area (Å²) in [5.41, 5.74) is 0.893. The first-order valence-corrected chi connectivity index (χ1v) is 7.02. The summed E-state index contributed by atoms with van der Waals surface area (Å²) in [4.78, 5) is 35.8. The van der Waals surface area contributed by atoms with Crippen molar-refractivity contribution in [3.63, 3.8) is 0 Å². The van der Waals surface area contributed by atoms with Gasteiger partial charge >= 0.3 is 12.0 Å².